The Morgan fingerprint density at radius 2 is 2.13 bits per heavy atom. The molecule has 4 heterocycles. The van der Waals surface area contributed by atoms with Gasteiger partial charge in [-0.15, -0.1) is 11.3 Å². The van der Waals surface area contributed by atoms with Crippen molar-refractivity contribution in [2.45, 2.75) is 12.6 Å². The summed E-state index contributed by atoms with van der Waals surface area (Å²) in [6.45, 7) is 3.95. The molecule has 3 aromatic heterocycles. The van der Waals surface area contributed by atoms with Gasteiger partial charge in [-0.2, -0.15) is 11.3 Å². The Labute approximate surface area is 143 Å². The van der Waals surface area contributed by atoms with Crippen LogP contribution in [-0.2, 0) is 6.54 Å². The average molecular weight is 342 g/mol. The molecule has 23 heavy (non-hydrogen) atoms. The van der Waals surface area contributed by atoms with Crippen molar-refractivity contribution in [3.8, 4) is 10.6 Å². The molecule has 4 nitrogen and oxygen atoms in total. The second-order valence-electron chi connectivity index (χ2n) is 5.63. The van der Waals surface area contributed by atoms with Gasteiger partial charge in [-0.1, -0.05) is 0 Å². The first-order chi connectivity index (χ1) is 11.4. The van der Waals surface area contributed by atoms with Gasteiger partial charge in [0.25, 0.3) is 0 Å². The Balaban J connectivity index is 1.52. The van der Waals surface area contributed by atoms with Crippen LogP contribution in [0.4, 0.5) is 0 Å². The van der Waals surface area contributed by atoms with Gasteiger partial charge in [0.15, 0.2) is 0 Å². The summed E-state index contributed by atoms with van der Waals surface area (Å²) in [5.41, 5.74) is 3.72. The van der Waals surface area contributed by atoms with Crippen LogP contribution in [0.2, 0.25) is 0 Å². The van der Waals surface area contributed by atoms with Crippen molar-refractivity contribution in [1.29, 1.82) is 0 Å². The molecule has 1 aliphatic rings. The maximum atomic E-state index is 4.83. The third-order valence-electron chi connectivity index (χ3n) is 4.13. The minimum atomic E-state index is 0.387. The van der Waals surface area contributed by atoms with E-state index in [1.807, 2.05) is 12.4 Å². The third-order valence-corrected chi connectivity index (χ3v) is 5.75. The molecule has 0 amide bonds. The lowest BCUT2D eigenvalue weighted by molar-refractivity contribution is 0.152. The second-order valence-corrected chi connectivity index (χ2v) is 7.27. The standard InChI is InChI=1S/C17H18N4S2/c1-4-18-5-2-13(1)16-9-19-6-7-21(16)10-15-12-23-17(20-15)14-3-8-22-11-14/h1-5,8,11-12,16,19H,6-7,9-10H2. The summed E-state index contributed by atoms with van der Waals surface area (Å²) in [4.78, 5) is 11.5. The fourth-order valence-electron chi connectivity index (χ4n) is 2.96. The molecule has 118 valence electrons. The molecule has 1 fully saturated rings. The highest BCUT2D eigenvalue weighted by molar-refractivity contribution is 7.14. The van der Waals surface area contributed by atoms with Gasteiger partial charge in [-0.25, -0.2) is 4.98 Å². The number of pyridine rings is 1. The van der Waals surface area contributed by atoms with Gasteiger partial charge in [0.05, 0.1) is 5.69 Å². The SMILES string of the molecule is c1cc(C2CNCCN2Cc2csc(-c3ccsc3)n2)ccn1. The summed E-state index contributed by atoms with van der Waals surface area (Å²) >= 11 is 3.46. The van der Waals surface area contributed by atoms with Crippen LogP contribution in [0.15, 0.2) is 46.7 Å². The van der Waals surface area contributed by atoms with Crippen molar-refractivity contribution in [2.75, 3.05) is 19.6 Å². The van der Waals surface area contributed by atoms with Gasteiger partial charge in [-0.3, -0.25) is 9.88 Å². The maximum absolute atomic E-state index is 4.83. The zero-order chi connectivity index (χ0) is 15.5. The third kappa shape index (κ3) is 3.35. The Hall–Kier alpha value is -1.60. The molecule has 0 aromatic carbocycles. The van der Waals surface area contributed by atoms with Gasteiger partial charge in [0, 0.05) is 60.9 Å². The van der Waals surface area contributed by atoms with E-state index in [2.05, 4.69) is 49.5 Å². The highest BCUT2D eigenvalue weighted by Gasteiger charge is 2.24. The summed E-state index contributed by atoms with van der Waals surface area (Å²) in [6.07, 6.45) is 3.75. The summed E-state index contributed by atoms with van der Waals surface area (Å²) in [5, 5.41) is 11.1. The van der Waals surface area contributed by atoms with Crippen molar-refractivity contribution in [2.24, 2.45) is 0 Å². The van der Waals surface area contributed by atoms with Crippen molar-refractivity contribution in [3.05, 3.63) is 58.0 Å². The summed E-state index contributed by atoms with van der Waals surface area (Å²) in [7, 11) is 0. The van der Waals surface area contributed by atoms with Gasteiger partial charge >= 0.3 is 0 Å². The minimum absolute atomic E-state index is 0.387. The van der Waals surface area contributed by atoms with Gasteiger partial charge in [0.1, 0.15) is 5.01 Å². The van der Waals surface area contributed by atoms with E-state index in [0.717, 1.165) is 36.9 Å². The second kappa shape index (κ2) is 6.88. The normalized spacial score (nSPS) is 19.0. The van der Waals surface area contributed by atoms with Gasteiger partial charge in [0.2, 0.25) is 0 Å². The molecule has 3 aromatic rings. The lowest BCUT2D eigenvalue weighted by atomic mass is 10.0. The summed E-state index contributed by atoms with van der Waals surface area (Å²) in [6, 6.07) is 6.75. The van der Waals surface area contributed by atoms with Crippen LogP contribution in [-0.4, -0.2) is 34.5 Å². The van der Waals surface area contributed by atoms with Crippen LogP contribution in [0.5, 0.6) is 0 Å². The lowest BCUT2D eigenvalue weighted by Gasteiger charge is -2.36. The molecule has 0 aliphatic carbocycles. The predicted octanol–water partition coefficient (Wildman–Crippen LogP) is 3.41. The van der Waals surface area contributed by atoms with E-state index in [4.69, 9.17) is 4.98 Å². The molecule has 0 saturated carbocycles. The van der Waals surface area contributed by atoms with Crippen molar-refractivity contribution >= 4 is 22.7 Å². The summed E-state index contributed by atoms with van der Waals surface area (Å²) < 4.78 is 0. The number of nitrogens with one attached hydrogen (secondary N) is 1. The van der Waals surface area contributed by atoms with Gasteiger partial charge < -0.3 is 5.32 Å². The number of hydrogen-bond acceptors (Lipinski definition) is 6. The fraction of sp³-hybridized carbons (Fsp3) is 0.294. The lowest BCUT2D eigenvalue weighted by Crippen LogP contribution is -2.45. The van der Waals surface area contributed by atoms with Crippen molar-refractivity contribution in [1.82, 2.24) is 20.2 Å². The van der Waals surface area contributed by atoms with E-state index in [0.29, 0.717) is 6.04 Å². The van der Waals surface area contributed by atoms with Crippen LogP contribution in [0.25, 0.3) is 10.6 Å². The molecule has 0 bridgehead atoms. The van der Waals surface area contributed by atoms with E-state index in [1.165, 1.54) is 11.1 Å². The van der Waals surface area contributed by atoms with Crippen LogP contribution in [0, 0.1) is 0 Å². The largest absolute Gasteiger partial charge is 0.314 e. The highest BCUT2D eigenvalue weighted by atomic mass is 32.1. The quantitative estimate of drug-likeness (QED) is 0.789. The van der Waals surface area contributed by atoms with E-state index in [1.54, 1.807) is 22.7 Å². The number of piperazine rings is 1. The van der Waals surface area contributed by atoms with Gasteiger partial charge in [-0.05, 0) is 29.1 Å². The molecule has 0 radical (unpaired) electrons. The smallest absolute Gasteiger partial charge is 0.124 e. The predicted molar refractivity (Wildman–Crippen MR) is 95.7 cm³/mol. The zero-order valence-corrected chi connectivity index (χ0v) is 14.3. The van der Waals surface area contributed by atoms with E-state index < -0.39 is 0 Å². The zero-order valence-electron chi connectivity index (χ0n) is 12.7. The molecule has 1 N–H and O–H groups in total. The first-order valence-corrected chi connectivity index (χ1v) is 9.54. The average Bonchev–Trinajstić information content (AvgIpc) is 3.27. The number of hydrogen-bond donors (Lipinski definition) is 1. The Kier molecular flexibility index (Phi) is 4.48. The van der Waals surface area contributed by atoms with Crippen LogP contribution in [0.3, 0.4) is 0 Å². The molecule has 1 atom stereocenters. The Morgan fingerprint density at radius 1 is 1.22 bits per heavy atom. The summed E-state index contributed by atoms with van der Waals surface area (Å²) in [5.74, 6) is 0. The first-order valence-electron chi connectivity index (χ1n) is 7.72. The maximum Gasteiger partial charge on any atom is 0.124 e. The molecule has 6 heteroatoms. The molecule has 1 unspecified atom stereocenters. The molecule has 0 spiro atoms. The van der Waals surface area contributed by atoms with E-state index >= 15 is 0 Å². The number of thiophene rings is 1. The first kappa shape index (κ1) is 15.0. The fourth-order valence-corrected chi connectivity index (χ4v) is 4.48. The van der Waals surface area contributed by atoms with Crippen molar-refractivity contribution in [3.63, 3.8) is 0 Å². The van der Waals surface area contributed by atoms with Crippen molar-refractivity contribution < 1.29 is 0 Å². The topological polar surface area (TPSA) is 41.0 Å². The number of aromatic nitrogens is 2. The molecule has 4 rings (SSSR count). The number of rotatable bonds is 4. The van der Waals surface area contributed by atoms with Crippen LogP contribution >= 0.6 is 22.7 Å². The number of thiazole rings is 1. The molecular weight excluding hydrogens is 324 g/mol. The highest BCUT2D eigenvalue weighted by Crippen LogP contribution is 2.28. The number of nitrogens with zero attached hydrogens (tertiary/aromatic N) is 3. The van der Waals surface area contributed by atoms with Crippen LogP contribution < -0.4 is 5.32 Å². The van der Waals surface area contributed by atoms with Crippen LogP contribution in [0.1, 0.15) is 17.3 Å². The Morgan fingerprint density at radius 3 is 2.96 bits per heavy atom. The molecule has 1 saturated heterocycles. The minimum Gasteiger partial charge on any atom is -0.314 e. The van der Waals surface area contributed by atoms with E-state index in [-0.39, 0.29) is 0 Å². The molecular formula is C17H18N4S2. The Bertz CT molecular complexity index is 739. The molecule has 1 aliphatic heterocycles. The monoisotopic (exact) mass is 342 g/mol. The van der Waals surface area contributed by atoms with E-state index in [9.17, 15) is 0 Å².